The molecule has 0 saturated heterocycles. The Balaban J connectivity index is 1.13. The van der Waals surface area contributed by atoms with Crippen LogP contribution in [0, 0.1) is 0 Å². The van der Waals surface area contributed by atoms with E-state index in [-0.39, 0.29) is 0 Å². The van der Waals surface area contributed by atoms with E-state index in [4.69, 9.17) is 4.42 Å². The molecule has 0 fully saturated rings. The molecule has 0 spiro atoms. The lowest BCUT2D eigenvalue weighted by molar-refractivity contribution is 0.669. The van der Waals surface area contributed by atoms with E-state index in [0.29, 0.717) is 0 Å². The molecule has 0 N–H and O–H groups in total. The minimum absolute atomic E-state index is 0.896. The Bertz CT molecular complexity index is 3120. The van der Waals surface area contributed by atoms with Crippen molar-refractivity contribution < 1.29 is 4.42 Å². The first kappa shape index (κ1) is 28.0. The van der Waals surface area contributed by atoms with Crippen LogP contribution >= 0.6 is 0 Å². The van der Waals surface area contributed by atoms with E-state index < -0.39 is 0 Å². The van der Waals surface area contributed by atoms with Gasteiger partial charge in [-0.05, 0) is 82.9 Å². The first-order chi connectivity index (χ1) is 25.3. The molecule has 0 unspecified atom stereocenters. The molecule has 3 heterocycles. The van der Waals surface area contributed by atoms with E-state index in [0.717, 1.165) is 33.3 Å². The highest BCUT2D eigenvalue weighted by Gasteiger charge is 2.20. The average Bonchev–Trinajstić information content (AvgIpc) is 3.85. The number of benzene rings is 8. The molecule has 11 aromatic rings. The van der Waals surface area contributed by atoms with Gasteiger partial charge in [0.05, 0.1) is 33.1 Å². The van der Waals surface area contributed by atoms with Gasteiger partial charge in [-0.3, -0.25) is 0 Å². The molecule has 8 aromatic carbocycles. The summed E-state index contributed by atoms with van der Waals surface area (Å²) >= 11 is 0. The fraction of sp³-hybridized carbons (Fsp3) is 0. The van der Waals surface area contributed by atoms with E-state index in [1.54, 1.807) is 0 Å². The van der Waals surface area contributed by atoms with Gasteiger partial charge in [0.2, 0.25) is 0 Å². The second-order valence-corrected chi connectivity index (χ2v) is 13.3. The zero-order valence-corrected chi connectivity index (χ0v) is 27.6. The van der Waals surface area contributed by atoms with Crippen molar-refractivity contribution in [3.8, 4) is 33.6 Å². The molecule has 0 amide bonds. The first-order valence-corrected chi connectivity index (χ1v) is 17.4. The number of aromatic nitrogens is 2. The summed E-state index contributed by atoms with van der Waals surface area (Å²) in [6.07, 6.45) is 0. The van der Waals surface area contributed by atoms with Crippen LogP contribution in [0.5, 0.6) is 0 Å². The van der Waals surface area contributed by atoms with E-state index >= 15 is 0 Å². The molecule has 0 saturated carbocycles. The van der Waals surface area contributed by atoms with Crippen molar-refractivity contribution in [2.24, 2.45) is 0 Å². The summed E-state index contributed by atoms with van der Waals surface area (Å²) in [5, 5.41) is 7.17. The Morgan fingerprint density at radius 1 is 0.314 bits per heavy atom. The molecular weight excluding hydrogens is 621 g/mol. The number of hydrogen-bond acceptors (Lipinski definition) is 1. The van der Waals surface area contributed by atoms with Crippen molar-refractivity contribution in [3.63, 3.8) is 0 Å². The first-order valence-electron chi connectivity index (χ1n) is 17.4. The lowest BCUT2D eigenvalue weighted by atomic mass is 9.99. The number of rotatable bonds is 4. The van der Waals surface area contributed by atoms with Crippen LogP contribution < -0.4 is 0 Å². The quantitative estimate of drug-likeness (QED) is 0.186. The van der Waals surface area contributed by atoms with Gasteiger partial charge in [-0.25, -0.2) is 0 Å². The third kappa shape index (κ3) is 4.19. The number of nitrogens with zero attached hydrogens (tertiary/aromatic N) is 2. The third-order valence-electron chi connectivity index (χ3n) is 10.5. The molecule has 11 rings (SSSR count). The van der Waals surface area contributed by atoms with Gasteiger partial charge < -0.3 is 13.6 Å². The summed E-state index contributed by atoms with van der Waals surface area (Å²) in [6, 6.07) is 65.5. The summed E-state index contributed by atoms with van der Waals surface area (Å²) in [5.74, 6) is 0. The smallest absolute Gasteiger partial charge is 0.137 e. The number of para-hydroxylation sites is 3. The molecule has 0 aliphatic heterocycles. The van der Waals surface area contributed by atoms with Gasteiger partial charge in [0.25, 0.3) is 0 Å². The molecule has 3 heteroatoms. The largest absolute Gasteiger partial charge is 0.456 e. The molecule has 51 heavy (non-hydrogen) atoms. The number of hydrogen-bond donors (Lipinski definition) is 0. The van der Waals surface area contributed by atoms with Crippen molar-refractivity contribution >= 4 is 65.6 Å². The fourth-order valence-corrected chi connectivity index (χ4v) is 8.22. The molecule has 3 aromatic heterocycles. The monoisotopic (exact) mass is 650 g/mol. The summed E-state index contributed by atoms with van der Waals surface area (Å²) in [5.41, 5.74) is 13.7. The standard InChI is InChI=1S/C48H30N2O/c1-2-12-31(13-3-1)33-14-10-15-34(28-33)32-24-26-35(27-25-32)49-41-19-7-4-16-36(41)39-30-45-40(29-44(39)49)37-17-5-8-20-42(37)50(45)43-21-11-23-47-48(43)38-18-6-9-22-46(38)51-47/h1-30H. The van der Waals surface area contributed by atoms with Crippen LogP contribution in [0.25, 0.3) is 99.2 Å². The number of fused-ring (bicyclic) bond motifs is 9. The van der Waals surface area contributed by atoms with Crippen molar-refractivity contribution in [1.82, 2.24) is 9.13 Å². The van der Waals surface area contributed by atoms with Crippen LogP contribution in [0.4, 0.5) is 0 Å². The Morgan fingerprint density at radius 3 is 1.57 bits per heavy atom. The summed E-state index contributed by atoms with van der Waals surface area (Å²) in [7, 11) is 0. The topological polar surface area (TPSA) is 23.0 Å². The Hall–Kier alpha value is -6.84. The third-order valence-corrected chi connectivity index (χ3v) is 10.5. The van der Waals surface area contributed by atoms with Crippen LogP contribution in [0.2, 0.25) is 0 Å². The van der Waals surface area contributed by atoms with Gasteiger partial charge in [0, 0.05) is 32.6 Å². The second-order valence-electron chi connectivity index (χ2n) is 13.3. The Kier molecular flexibility index (Phi) is 5.96. The fourth-order valence-electron chi connectivity index (χ4n) is 8.22. The van der Waals surface area contributed by atoms with Crippen LogP contribution in [-0.2, 0) is 0 Å². The molecular formula is C48H30N2O. The maximum absolute atomic E-state index is 6.34. The van der Waals surface area contributed by atoms with Crippen LogP contribution in [0.15, 0.2) is 186 Å². The van der Waals surface area contributed by atoms with Crippen molar-refractivity contribution in [1.29, 1.82) is 0 Å². The molecule has 0 atom stereocenters. The molecule has 238 valence electrons. The normalized spacial score (nSPS) is 11.9. The zero-order chi connectivity index (χ0) is 33.5. The number of furan rings is 1. The highest BCUT2D eigenvalue weighted by molar-refractivity contribution is 6.20. The lowest BCUT2D eigenvalue weighted by Gasteiger charge is -2.11. The van der Waals surface area contributed by atoms with Gasteiger partial charge in [0.1, 0.15) is 11.2 Å². The highest BCUT2D eigenvalue weighted by atomic mass is 16.3. The maximum atomic E-state index is 6.34. The summed E-state index contributed by atoms with van der Waals surface area (Å²) in [6.45, 7) is 0. The van der Waals surface area contributed by atoms with Crippen molar-refractivity contribution in [3.05, 3.63) is 182 Å². The predicted octanol–water partition coefficient (Wildman–Crippen LogP) is 13.1. The molecule has 0 aliphatic carbocycles. The maximum Gasteiger partial charge on any atom is 0.137 e. The van der Waals surface area contributed by atoms with E-state index in [2.05, 4.69) is 185 Å². The van der Waals surface area contributed by atoms with E-state index in [1.165, 1.54) is 65.9 Å². The molecule has 3 nitrogen and oxygen atoms in total. The minimum atomic E-state index is 0.896. The highest BCUT2D eigenvalue weighted by Crippen LogP contribution is 2.42. The Labute approximate surface area is 293 Å². The van der Waals surface area contributed by atoms with Crippen LogP contribution in [0.1, 0.15) is 0 Å². The summed E-state index contributed by atoms with van der Waals surface area (Å²) < 4.78 is 11.2. The van der Waals surface area contributed by atoms with Gasteiger partial charge in [-0.2, -0.15) is 0 Å². The Morgan fingerprint density at radius 2 is 0.843 bits per heavy atom. The molecule has 0 aliphatic rings. The van der Waals surface area contributed by atoms with Gasteiger partial charge in [-0.15, -0.1) is 0 Å². The van der Waals surface area contributed by atoms with Gasteiger partial charge in [-0.1, -0.05) is 121 Å². The molecule has 0 radical (unpaired) electrons. The van der Waals surface area contributed by atoms with Crippen molar-refractivity contribution in [2.75, 3.05) is 0 Å². The van der Waals surface area contributed by atoms with E-state index in [1.807, 2.05) is 6.07 Å². The molecule has 0 bridgehead atoms. The van der Waals surface area contributed by atoms with Crippen LogP contribution in [-0.4, -0.2) is 9.13 Å². The van der Waals surface area contributed by atoms with E-state index in [9.17, 15) is 0 Å². The summed E-state index contributed by atoms with van der Waals surface area (Å²) in [4.78, 5) is 0. The predicted molar refractivity (Wildman–Crippen MR) is 213 cm³/mol. The second kappa shape index (κ2) is 10.8. The van der Waals surface area contributed by atoms with Gasteiger partial charge in [0.15, 0.2) is 0 Å². The van der Waals surface area contributed by atoms with Crippen LogP contribution in [0.3, 0.4) is 0 Å². The zero-order valence-electron chi connectivity index (χ0n) is 27.6. The van der Waals surface area contributed by atoms with Crippen molar-refractivity contribution in [2.45, 2.75) is 0 Å². The minimum Gasteiger partial charge on any atom is -0.456 e. The van der Waals surface area contributed by atoms with Gasteiger partial charge >= 0.3 is 0 Å². The SMILES string of the molecule is c1ccc(-c2cccc(-c3ccc(-n4c5ccccc5c5cc6c(cc54)c4ccccc4n6-c4cccc5oc6ccccc6c45)cc3)c2)cc1. The average molecular weight is 651 g/mol. The lowest BCUT2D eigenvalue weighted by Crippen LogP contribution is -1.95.